The van der Waals surface area contributed by atoms with Crippen molar-refractivity contribution in [2.24, 2.45) is 0 Å². The molecule has 0 N–H and O–H groups in total. The number of hydrogen-bond donors (Lipinski definition) is 0. The summed E-state index contributed by atoms with van der Waals surface area (Å²) in [5.74, 6) is 0.855. The quantitative estimate of drug-likeness (QED) is 0.489. The fraction of sp³-hybridized carbons (Fsp3) is 0.625. The fourth-order valence-corrected chi connectivity index (χ4v) is 1.83. The predicted octanol–water partition coefficient (Wildman–Crippen LogP) is 2.44. The molecule has 0 radical (unpaired) electrons. The molecule has 0 aromatic rings. The van der Waals surface area contributed by atoms with Gasteiger partial charge < -0.3 is 0 Å². The smallest absolute Gasteiger partial charge is 0.0990 e. The maximum atomic E-state index is 10.5. The third kappa shape index (κ3) is 6.38. The van der Waals surface area contributed by atoms with Crippen LogP contribution < -0.4 is 0 Å². The maximum Gasteiger partial charge on any atom is 0.0990 e. The second-order valence-electron chi connectivity index (χ2n) is 2.16. The average Bonchev–Trinajstić information content (AvgIpc) is 2.05. The minimum Gasteiger partial charge on any atom is -0.212 e. The van der Waals surface area contributed by atoms with Crippen molar-refractivity contribution in [3.63, 3.8) is 0 Å². The van der Waals surface area contributed by atoms with Crippen LogP contribution in [0.15, 0.2) is 12.7 Å². The molecule has 11 heavy (non-hydrogen) atoms. The Balaban J connectivity index is 3.59. The van der Waals surface area contributed by atoms with E-state index >= 15 is 0 Å². The van der Waals surface area contributed by atoms with Crippen molar-refractivity contribution in [2.75, 3.05) is 5.75 Å². The van der Waals surface area contributed by atoms with E-state index in [4.69, 9.17) is 0 Å². The Kier molecular flexibility index (Phi) is 8.07. The van der Waals surface area contributed by atoms with Gasteiger partial charge in [-0.15, -0.1) is 18.3 Å². The van der Waals surface area contributed by atoms with Gasteiger partial charge in [0.15, 0.2) is 0 Å². The molecule has 0 heterocycles. The number of thioether (sulfide) groups is 1. The Morgan fingerprint density at radius 1 is 1.64 bits per heavy atom. The Labute approximate surface area is 76.3 Å². The van der Waals surface area contributed by atoms with Crippen molar-refractivity contribution < 1.29 is 4.21 Å². The van der Waals surface area contributed by atoms with Gasteiger partial charge in [-0.25, -0.2) is 4.21 Å². The van der Waals surface area contributed by atoms with Crippen molar-refractivity contribution in [3.05, 3.63) is 12.7 Å². The van der Waals surface area contributed by atoms with Crippen LogP contribution in [0.25, 0.3) is 0 Å². The summed E-state index contributed by atoms with van der Waals surface area (Å²) in [6, 6.07) is 0. The molecule has 64 valence electrons. The van der Waals surface area contributed by atoms with Crippen LogP contribution in [-0.2, 0) is 11.3 Å². The highest BCUT2D eigenvalue weighted by molar-refractivity contribution is 8.21. The Hall–Kier alpha value is -0.0200. The van der Waals surface area contributed by atoms with Crippen molar-refractivity contribution >= 4 is 27.2 Å². The molecule has 0 aromatic carbocycles. The first-order chi connectivity index (χ1) is 5.35. The van der Waals surface area contributed by atoms with E-state index in [1.165, 1.54) is 0 Å². The second kappa shape index (κ2) is 8.08. The minimum atomic E-state index is 0.632. The molecular formula is C8H14OS2. The summed E-state index contributed by atoms with van der Waals surface area (Å²) in [5, 5.41) is 0. The van der Waals surface area contributed by atoms with Crippen molar-refractivity contribution in [2.45, 2.75) is 26.2 Å². The molecular weight excluding hydrogens is 176 g/mol. The molecule has 0 aliphatic rings. The van der Waals surface area contributed by atoms with E-state index < -0.39 is 0 Å². The summed E-state index contributed by atoms with van der Waals surface area (Å²) in [7, 11) is 0. The molecule has 0 rings (SSSR count). The molecule has 0 fully saturated rings. The van der Waals surface area contributed by atoms with E-state index in [-0.39, 0.29) is 0 Å². The zero-order chi connectivity index (χ0) is 8.53. The lowest BCUT2D eigenvalue weighted by Gasteiger charge is -1.97. The molecule has 0 aliphatic heterocycles. The van der Waals surface area contributed by atoms with E-state index in [0.29, 0.717) is 11.3 Å². The van der Waals surface area contributed by atoms with Gasteiger partial charge >= 0.3 is 0 Å². The molecule has 0 bridgehead atoms. The lowest BCUT2D eigenvalue weighted by atomic mass is 10.3. The zero-order valence-electron chi connectivity index (χ0n) is 6.84. The molecule has 0 saturated heterocycles. The Morgan fingerprint density at radius 3 is 2.82 bits per heavy atom. The van der Waals surface area contributed by atoms with Crippen LogP contribution in [0.4, 0.5) is 0 Å². The Morgan fingerprint density at radius 2 is 2.36 bits per heavy atom. The van der Waals surface area contributed by atoms with E-state index in [2.05, 4.69) is 13.5 Å². The third-order valence-corrected chi connectivity index (χ3v) is 3.07. The van der Waals surface area contributed by atoms with E-state index in [1.807, 2.05) is 6.08 Å². The number of hydrogen-bond acceptors (Lipinski definition) is 2. The SMILES string of the molecule is C=CCSC(CCCC)=S=O. The van der Waals surface area contributed by atoms with E-state index in [0.717, 1.165) is 29.2 Å². The Bertz CT molecular complexity index is 159. The number of rotatable bonds is 5. The minimum absolute atomic E-state index is 0.632. The van der Waals surface area contributed by atoms with Gasteiger partial charge in [0.1, 0.15) is 0 Å². The first-order valence-corrected chi connectivity index (χ1v) is 5.47. The summed E-state index contributed by atoms with van der Waals surface area (Å²) in [5.41, 5.74) is 0. The van der Waals surface area contributed by atoms with Gasteiger partial charge in [0, 0.05) is 5.75 Å². The molecule has 1 nitrogen and oxygen atoms in total. The third-order valence-electron chi connectivity index (χ3n) is 1.19. The molecule has 0 unspecified atom stereocenters. The van der Waals surface area contributed by atoms with Gasteiger partial charge in [-0.1, -0.05) is 19.4 Å². The first-order valence-electron chi connectivity index (χ1n) is 3.74. The van der Waals surface area contributed by atoms with Crippen LogP contribution >= 0.6 is 11.8 Å². The maximum absolute atomic E-state index is 10.5. The van der Waals surface area contributed by atoms with Gasteiger partial charge in [0.2, 0.25) is 0 Å². The molecule has 0 amide bonds. The van der Waals surface area contributed by atoms with Gasteiger partial charge in [-0.3, -0.25) is 0 Å². The molecule has 0 aromatic heterocycles. The summed E-state index contributed by atoms with van der Waals surface area (Å²) in [6.07, 6.45) is 5.05. The topological polar surface area (TPSA) is 17.1 Å². The average molecular weight is 190 g/mol. The summed E-state index contributed by atoms with van der Waals surface area (Å²) < 4.78 is 11.5. The normalized spacial score (nSPS) is 9.18. The van der Waals surface area contributed by atoms with Crippen molar-refractivity contribution in [1.29, 1.82) is 0 Å². The standard InChI is InChI=1S/C8H14OS2/c1-3-5-6-8(11-9)10-7-4-2/h4H,2-3,5-7H2,1H3. The summed E-state index contributed by atoms with van der Waals surface area (Å²) in [6.45, 7) is 5.73. The highest BCUT2D eigenvalue weighted by atomic mass is 32.2. The highest BCUT2D eigenvalue weighted by Crippen LogP contribution is 2.08. The number of unbranched alkanes of at least 4 members (excludes halogenated alkanes) is 1. The van der Waals surface area contributed by atoms with Crippen LogP contribution in [0, 0.1) is 0 Å². The summed E-state index contributed by atoms with van der Waals surface area (Å²) in [4.78, 5) is 0. The van der Waals surface area contributed by atoms with E-state index in [9.17, 15) is 4.21 Å². The monoisotopic (exact) mass is 190 g/mol. The van der Waals surface area contributed by atoms with Crippen molar-refractivity contribution in [3.8, 4) is 0 Å². The zero-order valence-corrected chi connectivity index (χ0v) is 8.47. The van der Waals surface area contributed by atoms with Crippen LogP contribution in [0.5, 0.6) is 0 Å². The molecule has 0 saturated carbocycles. The molecule has 0 atom stereocenters. The molecule has 3 heteroatoms. The van der Waals surface area contributed by atoms with Crippen LogP contribution in [0.3, 0.4) is 0 Å². The summed E-state index contributed by atoms with van der Waals surface area (Å²) >= 11 is 2.24. The lowest BCUT2D eigenvalue weighted by Crippen LogP contribution is -1.91. The van der Waals surface area contributed by atoms with Crippen LogP contribution in [0.2, 0.25) is 0 Å². The highest BCUT2D eigenvalue weighted by Gasteiger charge is 1.96. The van der Waals surface area contributed by atoms with Gasteiger partial charge in [0.25, 0.3) is 0 Å². The van der Waals surface area contributed by atoms with Gasteiger partial charge in [-0.05, 0) is 12.8 Å². The second-order valence-corrected chi connectivity index (χ2v) is 4.19. The van der Waals surface area contributed by atoms with Crippen LogP contribution in [0.1, 0.15) is 26.2 Å². The van der Waals surface area contributed by atoms with Gasteiger partial charge in [-0.2, -0.15) is 0 Å². The first kappa shape index (κ1) is 11.0. The fourth-order valence-electron chi connectivity index (χ4n) is 0.611. The van der Waals surface area contributed by atoms with Crippen LogP contribution in [-0.4, -0.2) is 14.2 Å². The molecule has 0 spiro atoms. The van der Waals surface area contributed by atoms with E-state index in [1.54, 1.807) is 11.8 Å². The predicted molar refractivity (Wildman–Crippen MR) is 55.3 cm³/mol. The van der Waals surface area contributed by atoms with Gasteiger partial charge in [0.05, 0.1) is 15.5 Å². The largest absolute Gasteiger partial charge is 0.212 e. The van der Waals surface area contributed by atoms with Crippen molar-refractivity contribution in [1.82, 2.24) is 0 Å². The lowest BCUT2D eigenvalue weighted by molar-refractivity contribution is 0.700. The molecule has 0 aliphatic carbocycles.